The summed E-state index contributed by atoms with van der Waals surface area (Å²) in [6, 6.07) is 0. The molecule has 3 heterocycles. The molecule has 32 heavy (non-hydrogen) atoms. The monoisotopic (exact) mass is 472 g/mol. The summed E-state index contributed by atoms with van der Waals surface area (Å²) in [6.45, 7) is 0.896. The van der Waals surface area contributed by atoms with Crippen LogP contribution >= 0.6 is 0 Å². The third-order valence-electron chi connectivity index (χ3n) is 5.63. The van der Waals surface area contributed by atoms with E-state index in [1.807, 2.05) is 0 Å². The van der Waals surface area contributed by atoms with E-state index in [1.165, 1.54) is 6.92 Å². The van der Waals surface area contributed by atoms with E-state index in [1.54, 1.807) is 0 Å². The first-order chi connectivity index (χ1) is 14.9. The smallest absolute Gasteiger partial charge is 0.335 e. The van der Waals surface area contributed by atoms with E-state index in [4.69, 9.17) is 24.1 Å². The number of aliphatic hydroxyl groups excluding tert-OH is 8. The Labute approximate surface area is 180 Å². The van der Waals surface area contributed by atoms with Crippen molar-refractivity contribution < 1.29 is 74.4 Å². The van der Waals surface area contributed by atoms with Crippen molar-refractivity contribution >= 4 is 5.97 Å². The number of ether oxygens (including phenoxy) is 5. The fraction of sp³-hybridized carbons (Fsp3) is 0.941. The van der Waals surface area contributed by atoms with Crippen LogP contribution in [0.25, 0.3) is 0 Å². The predicted molar refractivity (Wildman–Crippen MR) is 94.4 cm³/mol. The van der Waals surface area contributed by atoms with E-state index in [0.29, 0.717) is 0 Å². The fourth-order valence-electron chi connectivity index (χ4n) is 3.68. The van der Waals surface area contributed by atoms with Gasteiger partial charge in [0.05, 0.1) is 12.7 Å². The number of carbonyl (C=O) groups is 1. The molecule has 9 N–H and O–H groups in total. The number of aliphatic carboxylic acids is 1. The van der Waals surface area contributed by atoms with Crippen LogP contribution in [-0.2, 0) is 28.5 Å². The highest BCUT2D eigenvalue weighted by molar-refractivity contribution is 5.73. The standard InChI is InChI=1S/C17H28O15/c1-3-5(19)7(21)8(22)16(29-3)32-13-6(20)4(18)2-28-17(13)31-11-9(23)12(14(25)26)30-15(27)10(11)24/h3-13,15-24,27H,2H2,1H3,(H,25,26)/t3-,4+,5-,6-,7+,8+,9+,10+,11-,12-,13+,15+,16-,17-/m0/s1. The Balaban J connectivity index is 1.79. The van der Waals surface area contributed by atoms with Crippen molar-refractivity contribution in [2.45, 2.75) is 92.9 Å². The maximum Gasteiger partial charge on any atom is 0.335 e. The second-order valence-electron chi connectivity index (χ2n) is 7.91. The summed E-state index contributed by atoms with van der Waals surface area (Å²) in [5, 5.41) is 89.5. The van der Waals surface area contributed by atoms with Gasteiger partial charge in [-0.1, -0.05) is 0 Å². The molecule has 3 rings (SSSR count). The molecule has 3 saturated heterocycles. The first-order valence-corrected chi connectivity index (χ1v) is 9.84. The summed E-state index contributed by atoms with van der Waals surface area (Å²) in [4.78, 5) is 11.3. The van der Waals surface area contributed by atoms with E-state index in [0.717, 1.165) is 0 Å². The van der Waals surface area contributed by atoms with Crippen LogP contribution in [0.1, 0.15) is 6.92 Å². The fourth-order valence-corrected chi connectivity index (χ4v) is 3.68. The van der Waals surface area contributed by atoms with Crippen molar-refractivity contribution in [3.63, 3.8) is 0 Å². The first kappa shape index (κ1) is 25.6. The van der Waals surface area contributed by atoms with Crippen LogP contribution in [0.4, 0.5) is 0 Å². The third kappa shape index (κ3) is 4.90. The summed E-state index contributed by atoms with van der Waals surface area (Å²) in [5.41, 5.74) is 0. The lowest BCUT2D eigenvalue weighted by Crippen LogP contribution is -2.65. The van der Waals surface area contributed by atoms with Crippen molar-refractivity contribution in [1.82, 2.24) is 0 Å². The molecule has 0 amide bonds. The van der Waals surface area contributed by atoms with Gasteiger partial charge in [-0.15, -0.1) is 0 Å². The lowest BCUT2D eigenvalue weighted by Gasteiger charge is -2.46. The van der Waals surface area contributed by atoms with Crippen molar-refractivity contribution in [3.05, 3.63) is 0 Å². The molecule has 186 valence electrons. The minimum absolute atomic E-state index is 0.488. The van der Waals surface area contributed by atoms with Gasteiger partial charge in [0, 0.05) is 0 Å². The molecule has 3 aliphatic rings. The van der Waals surface area contributed by atoms with Crippen LogP contribution in [0, 0.1) is 0 Å². The maximum atomic E-state index is 11.3. The zero-order valence-corrected chi connectivity index (χ0v) is 16.8. The van der Waals surface area contributed by atoms with E-state index in [-0.39, 0.29) is 0 Å². The number of hydrogen-bond acceptors (Lipinski definition) is 14. The molecule has 0 unspecified atom stereocenters. The van der Waals surface area contributed by atoms with Gasteiger partial charge in [-0.2, -0.15) is 0 Å². The molecule has 0 bridgehead atoms. The highest BCUT2D eigenvalue weighted by Crippen LogP contribution is 2.30. The summed E-state index contributed by atoms with van der Waals surface area (Å²) in [7, 11) is 0. The lowest BCUT2D eigenvalue weighted by molar-refractivity contribution is -0.373. The van der Waals surface area contributed by atoms with Gasteiger partial charge in [-0.3, -0.25) is 0 Å². The van der Waals surface area contributed by atoms with Gasteiger partial charge < -0.3 is 69.6 Å². The van der Waals surface area contributed by atoms with Crippen LogP contribution in [0.5, 0.6) is 0 Å². The summed E-state index contributed by atoms with van der Waals surface area (Å²) < 4.78 is 26.1. The van der Waals surface area contributed by atoms with Crippen molar-refractivity contribution in [2.75, 3.05) is 6.61 Å². The molecular weight excluding hydrogens is 444 g/mol. The van der Waals surface area contributed by atoms with Gasteiger partial charge in [0.1, 0.15) is 54.9 Å². The summed E-state index contributed by atoms with van der Waals surface area (Å²) >= 11 is 0. The Morgan fingerprint density at radius 2 is 1.38 bits per heavy atom. The van der Waals surface area contributed by atoms with Crippen molar-refractivity contribution in [3.8, 4) is 0 Å². The second kappa shape index (κ2) is 10.1. The highest BCUT2D eigenvalue weighted by atomic mass is 16.8. The zero-order chi connectivity index (χ0) is 23.9. The highest BCUT2D eigenvalue weighted by Gasteiger charge is 2.52. The number of hydrogen-bond donors (Lipinski definition) is 9. The van der Waals surface area contributed by atoms with Gasteiger partial charge >= 0.3 is 5.97 Å². The first-order valence-electron chi connectivity index (χ1n) is 9.84. The Morgan fingerprint density at radius 1 is 0.750 bits per heavy atom. The SMILES string of the molecule is C[C@@H]1O[C@@H](O[C@H]2[C@H](O[C@@H]3[C@@H](O)[C@H](O)O[C@H](C(=O)O)[C@@H]3O)OC[C@@H](O)[C@@H]2O)[C@H](O)[C@H](O)[C@H]1O. The number of carboxylic acid groups (broad SMARTS) is 1. The van der Waals surface area contributed by atoms with Gasteiger partial charge in [0.2, 0.25) is 0 Å². The van der Waals surface area contributed by atoms with Crippen molar-refractivity contribution in [1.29, 1.82) is 0 Å². The normalized spacial score (nSPS) is 52.5. The average Bonchev–Trinajstić information content (AvgIpc) is 2.74. The van der Waals surface area contributed by atoms with E-state index in [2.05, 4.69) is 4.74 Å². The van der Waals surface area contributed by atoms with Crippen molar-refractivity contribution in [2.24, 2.45) is 0 Å². The largest absolute Gasteiger partial charge is 0.479 e. The predicted octanol–water partition coefficient (Wildman–Crippen LogP) is -5.81. The molecule has 15 nitrogen and oxygen atoms in total. The topological polar surface area (TPSA) is 245 Å². The minimum Gasteiger partial charge on any atom is -0.479 e. The van der Waals surface area contributed by atoms with Crippen LogP contribution in [0.2, 0.25) is 0 Å². The Morgan fingerprint density at radius 3 is 2.00 bits per heavy atom. The Bertz CT molecular complexity index is 649. The molecule has 0 aromatic carbocycles. The summed E-state index contributed by atoms with van der Waals surface area (Å²) in [6.07, 6.45) is -23.7. The van der Waals surface area contributed by atoms with E-state index in [9.17, 15) is 45.6 Å². The van der Waals surface area contributed by atoms with Crippen LogP contribution in [0.15, 0.2) is 0 Å². The second-order valence-corrected chi connectivity index (χ2v) is 7.91. The molecule has 14 atom stereocenters. The number of carboxylic acids is 1. The lowest BCUT2D eigenvalue weighted by atomic mass is 9.97. The maximum absolute atomic E-state index is 11.3. The van der Waals surface area contributed by atoms with Gasteiger partial charge in [0.25, 0.3) is 0 Å². The number of aliphatic hydroxyl groups is 8. The van der Waals surface area contributed by atoms with E-state index < -0.39 is 98.6 Å². The Kier molecular flexibility index (Phi) is 8.04. The van der Waals surface area contributed by atoms with Crippen LogP contribution in [0.3, 0.4) is 0 Å². The molecule has 0 spiro atoms. The Hall–Kier alpha value is -1.05. The molecule has 0 aromatic rings. The van der Waals surface area contributed by atoms with Crippen LogP contribution < -0.4 is 0 Å². The minimum atomic E-state index is -2.04. The zero-order valence-electron chi connectivity index (χ0n) is 16.8. The van der Waals surface area contributed by atoms with Gasteiger partial charge in [0.15, 0.2) is 25.0 Å². The summed E-state index contributed by atoms with van der Waals surface area (Å²) in [5.74, 6) is -1.65. The average molecular weight is 472 g/mol. The molecule has 15 heteroatoms. The third-order valence-corrected chi connectivity index (χ3v) is 5.63. The molecule has 0 saturated carbocycles. The molecule has 0 radical (unpaired) electrons. The van der Waals surface area contributed by atoms with Gasteiger partial charge in [-0.05, 0) is 6.92 Å². The molecular formula is C17H28O15. The molecule has 3 fully saturated rings. The van der Waals surface area contributed by atoms with Gasteiger partial charge in [-0.25, -0.2) is 4.79 Å². The molecule has 0 aromatic heterocycles. The van der Waals surface area contributed by atoms with Crippen LogP contribution in [-0.4, -0.2) is 145 Å². The number of rotatable bonds is 5. The van der Waals surface area contributed by atoms with E-state index >= 15 is 0 Å². The molecule has 0 aliphatic carbocycles. The quantitative estimate of drug-likeness (QED) is 0.181. The molecule has 3 aliphatic heterocycles.